The minimum atomic E-state index is 0.775. The van der Waals surface area contributed by atoms with Gasteiger partial charge in [-0.1, -0.05) is 0 Å². The van der Waals surface area contributed by atoms with Crippen LogP contribution < -0.4 is 5.32 Å². The Morgan fingerprint density at radius 2 is 2.58 bits per heavy atom. The molecule has 0 amide bonds. The molecule has 1 rings (SSSR count). The number of hydrogen-bond acceptors (Lipinski definition) is 2. The summed E-state index contributed by atoms with van der Waals surface area (Å²) in [4.78, 5) is 0. The van der Waals surface area contributed by atoms with Gasteiger partial charge in [0.2, 0.25) is 0 Å². The van der Waals surface area contributed by atoms with Gasteiger partial charge in [-0.05, 0) is 6.92 Å². The molecule has 0 spiro atoms. The van der Waals surface area contributed by atoms with Crippen LogP contribution in [0.15, 0.2) is 6.20 Å². The van der Waals surface area contributed by atoms with E-state index in [0.717, 1.165) is 25.2 Å². The van der Waals surface area contributed by atoms with Crippen molar-refractivity contribution >= 4 is 0 Å². The molecule has 0 unspecified atom stereocenters. The van der Waals surface area contributed by atoms with Crippen LogP contribution in [0.2, 0.25) is 0 Å². The van der Waals surface area contributed by atoms with Gasteiger partial charge in [0, 0.05) is 30.8 Å². The summed E-state index contributed by atoms with van der Waals surface area (Å²) in [6.45, 7) is 3.70. The lowest BCUT2D eigenvalue weighted by Gasteiger charge is -1.99. The van der Waals surface area contributed by atoms with Crippen LogP contribution in [0.5, 0.6) is 0 Å². The van der Waals surface area contributed by atoms with Crippen LogP contribution in [0.4, 0.5) is 0 Å². The Morgan fingerprint density at radius 3 is 3.17 bits per heavy atom. The van der Waals surface area contributed by atoms with Crippen LogP contribution in [0.1, 0.15) is 17.7 Å². The average molecular weight is 163 g/mol. The van der Waals surface area contributed by atoms with Crippen molar-refractivity contribution in [2.24, 2.45) is 0 Å². The fourth-order valence-electron chi connectivity index (χ4n) is 0.937. The van der Waals surface area contributed by atoms with E-state index < -0.39 is 0 Å². The molecule has 1 aromatic rings. The molecule has 0 aliphatic carbocycles. The lowest BCUT2D eigenvalue weighted by Crippen LogP contribution is -2.14. The first-order valence-corrected chi connectivity index (χ1v) is 3.97. The van der Waals surface area contributed by atoms with Gasteiger partial charge in [-0.25, -0.2) is 0 Å². The molecule has 2 N–H and O–H groups in total. The van der Waals surface area contributed by atoms with E-state index in [4.69, 9.17) is 6.42 Å². The Balaban J connectivity index is 2.25. The maximum atomic E-state index is 5.11. The molecule has 0 aromatic carbocycles. The number of H-pyrrole nitrogens is 1. The molecule has 0 fully saturated rings. The number of hydrogen-bond donors (Lipinski definition) is 2. The van der Waals surface area contributed by atoms with Gasteiger partial charge in [0.1, 0.15) is 0 Å². The van der Waals surface area contributed by atoms with Crippen LogP contribution >= 0.6 is 0 Å². The number of nitrogens with zero attached hydrogens (tertiary/aromatic N) is 1. The van der Waals surface area contributed by atoms with Crippen LogP contribution in [0.3, 0.4) is 0 Å². The van der Waals surface area contributed by atoms with Gasteiger partial charge in [-0.15, -0.1) is 12.3 Å². The minimum Gasteiger partial charge on any atom is -0.312 e. The van der Waals surface area contributed by atoms with Gasteiger partial charge < -0.3 is 5.32 Å². The minimum absolute atomic E-state index is 0.775. The third-order valence-corrected chi connectivity index (χ3v) is 1.70. The topological polar surface area (TPSA) is 40.7 Å². The summed E-state index contributed by atoms with van der Waals surface area (Å²) in [5, 5.41) is 10.0. The van der Waals surface area contributed by atoms with Crippen LogP contribution in [0, 0.1) is 19.3 Å². The largest absolute Gasteiger partial charge is 0.312 e. The van der Waals surface area contributed by atoms with Gasteiger partial charge >= 0.3 is 0 Å². The first-order valence-electron chi connectivity index (χ1n) is 3.97. The van der Waals surface area contributed by atoms with Crippen molar-refractivity contribution in [2.45, 2.75) is 19.9 Å². The average Bonchev–Trinajstić information content (AvgIpc) is 2.46. The normalized spacial score (nSPS) is 9.67. The molecule has 1 aromatic heterocycles. The Hall–Kier alpha value is -1.27. The van der Waals surface area contributed by atoms with Crippen molar-refractivity contribution in [1.29, 1.82) is 0 Å². The van der Waals surface area contributed by atoms with Gasteiger partial charge in [-0.3, -0.25) is 5.10 Å². The summed E-state index contributed by atoms with van der Waals surface area (Å²) >= 11 is 0. The van der Waals surface area contributed by atoms with E-state index in [0.29, 0.717) is 0 Å². The molecule has 12 heavy (non-hydrogen) atoms. The van der Waals surface area contributed by atoms with Crippen LogP contribution in [-0.4, -0.2) is 16.7 Å². The second-order valence-electron chi connectivity index (χ2n) is 2.65. The number of terminal acetylenes is 1. The fraction of sp³-hybridized carbons (Fsp3) is 0.444. The lowest BCUT2D eigenvalue weighted by atomic mass is 10.2. The quantitative estimate of drug-likeness (QED) is 0.510. The fourth-order valence-corrected chi connectivity index (χ4v) is 0.937. The van der Waals surface area contributed by atoms with Crippen molar-refractivity contribution in [1.82, 2.24) is 15.5 Å². The Morgan fingerprint density at radius 1 is 1.75 bits per heavy atom. The first-order chi connectivity index (χ1) is 5.84. The summed E-state index contributed by atoms with van der Waals surface area (Å²) in [6.07, 6.45) is 7.72. The first kappa shape index (κ1) is 8.82. The maximum Gasteiger partial charge on any atom is 0.0535 e. The smallest absolute Gasteiger partial charge is 0.0535 e. The third-order valence-electron chi connectivity index (χ3n) is 1.70. The van der Waals surface area contributed by atoms with E-state index in [9.17, 15) is 0 Å². The number of rotatable bonds is 4. The van der Waals surface area contributed by atoms with Crippen LogP contribution in [-0.2, 0) is 6.54 Å². The van der Waals surface area contributed by atoms with Crippen molar-refractivity contribution in [3.8, 4) is 12.3 Å². The number of aromatic amines is 1. The molecule has 1 heterocycles. The molecule has 0 atom stereocenters. The second kappa shape index (κ2) is 4.58. The predicted molar refractivity (Wildman–Crippen MR) is 48.5 cm³/mol. The Kier molecular flexibility index (Phi) is 3.36. The molecular weight excluding hydrogens is 150 g/mol. The summed E-state index contributed by atoms with van der Waals surface area (Å²) in [5.74, 6) is 2.58. The zero-order chi connectivity index (χ0) is 8.81. The van der Waals surface area contributed by atoms with Crippen molar-refractivity contribution in [3.63, 3.8) is 0 Å². The molecule has 64 valence electrons. The van der Waals surface area contributed by atoms with E-state index in [1.807, 2.05) is 13.1 Å². The third kappa shape index (κ3) is 2.40. The summed E-state index contributed by atoms with van der Waals surface area (Å²) < 4.78 is 0. The molecular formula is C9H13N3. The Bertz CT molecular complexity index is 270. The lowest BCUT2D eigenvalue weighted by molar-refractivity contribution is 0.699. The number of aromatic nitrogens is 2. The highest BCUT2D eigenvalue weighted by molar-refractivity contribution is 5.13. The molecule has 0 radical (unpaired) electrons. The standard InChI is InChI=1S/C9H13N3/c1-3-4-5-10-6-9-7-11-12-8(9)2/h1,7,10H,4-6H2,2H3,(H,11,12). The molecule has 0 aliphatic rings. The maximum absolute atomic E-state index is 5.11. The molecule has 0 bridgehead atoms. The Labute approximate surface area is 72.6 Å². The van der Waals surface area contributed by atoms with Crippen molar-refractivity contribution in [3.05, 3.63) is 17.5 Å². The van der Waals surface area contributed by atoms with Gasteiger partial charge in [0.25, 0.3) is 0 Å². The zero-order valence-corrected chi connectivity index (χ0v) is 7.22. The molecule has 0 saturated heterocycles. The predicted octanol–water partition coefficient (Wildman–Crippen LogP) is 0.831. The van der Waals surface area contributed by atoms with E-state index in [1.165, 1.54) is 5.56 Å². The van der Waals surface area contributed by atoms with Crippen molar-refractivity contribution < 1.29 is 0 Å². The van der Waals surface area contributed by atoms with E-state index in [-0.39, 0.29) is 0 Å². The molecule has 3 heteroatoms. The highest BCUT2D eigenvalue weighted by Crippen LogP contribution is 2.00. The van der Waals surface area contributed by atoms with Gasteiger partial charge in [0.15, 0.2) is 0 Å². The van der Waals surface area contributed by atoms with Crippen molar-refractivity contribution in [2.75, 3.05) is 6.54 Å². The highest BCUT2D eigenvalue weighted by Gasteiger charge is 1.97. The van der Waals surface area contributed by atoms with E-state index in [1.54, 1.807) is 0 Å². The summed E-state index contributed by atoms with van der Waals surface area (Å²) in [5.41, 5.74) is 2.32. The monoisotopic (exact) mass is 163 g/mol. The summed E-state index contributed by atoms with van der Waals surface area (Å²) in [7, 11) is 0. The molecule has 3 nitrogen and oxygen atoms in total. The highest BCUT2D eigenvalue weighted by atomic mass is 15.1. The number of nitrogens with one attached hydrogen (secondary N) is 2. The van der Waals surface area contributed by atoms with E-state index in [2.05, 4.69) is 21.4 Å². The molecule has 0 saturated carbocycles. The second-order valence-corrected chi connectivity index (χ2v) is 2.65. The number of aryl methyl sites for hydroxylation is 1. The van der Waals surface area contributed by atoms with Gasteiger partial charge in [-0.2, -0.15) is 5.10 Å². The SMILES string of the molecule is C#CCCNCc1cn[nH]c1C. The van der Waals surface area contributed by atoms with Crippen LogP contribution in [0.25, 0.3) is 0 Å². The molecule has 0 aliphatic heterocycles. The summed E-state index contributed by atoms with van der Waals surface area (Å²) in [6, 6.07) is 0. The zero-order valence-electron chi connectivity index (χ0n) is 7.22. The van der Waals surface area contributed by atoms with Gasteiger partial charge in [0.05, 0.1) is 6.20 Å². The van der Waals surface area contributed by atoms with E-state index >= 15 is 0 Å².